The predicted octanol–water partition coefficient (Wildman–Crippen LogP) is 2.60. The molecule has 5 heteroatoms. The molecule has 25 heavy (non-hydrogen) atoms. The normalized spacial score (nSPS) is 25.2. The lowest BCUT2D eigenvalue weighted by molar-refractivity contribution is -0.124. The Bertz CT molecular complexity index is 660. The van der Waals surface area contributed by atoms with Crippen LogP contribution in [0.1, 0.15) is 50.6 Å². The van der Waals surface area contributed by atoms with E-state index in [1.165, 1.54) is 0 Å². The summed E-state index contributed by atoms with van der Waals surface area (Å²) < 4.78 is 0. The fourth-order valence-corrected chi connectivity index (χ4v) is 4.04. The Morgan fingerprint density at radius 2 is 1.80 bits per heavy atom. The summed E-state index contributed by atoms with van der Waals surface area (Å²) in [5.74, 6) is 0.712. The van der Waals surface area contributed by atoms with Crippen LogP contribution in [0.5, 0.6) is 0 Å². The number of piperidine rings is 1. The number of hydrogen-bond acceptors (Lipinski definition) is 3. The molecule has 2 aliphatic carbocycles. The molecular formula is C20H27N3O2. The quantitative estimate of drug-likeness (QED) is 0.771. The van der Waals surface area contributed by atoms with E-state index in [2.05, 4.69) is 16.0 Å². The van der Waals surface area contributed by atoms with E-state index in [4.69, 9.17) is 0 Å². The molecule has 0 radical (unpaired) electrons. The van der Waals surface area contributed by atoms with E-state index in [0.29, 0.717) is 0 Å². The minimum Gasteiger partial charge on any atom is -0.349 e. The molecule has 3 N–H and O–H groups in total. The number of hydrogen-bond donors (Lipinski definition) is 3. The summed E-state index contributed by atoms with van der Waals surface area (Å²) >= 11 is 0. The van der Waals surface area contributed by atoms with Crippen molar-refractivity contribution in [2.45, 2.75) is 45.1 Å². The molecule has 5 nitrogen and oxygen atoms in total. The Morgan fingerprint density at radius 3 is 2.44 bits per heavy atom. The molecule has 1 spiro atoms. The minimum absolute atomic E-state index is 0.0138. The Kier molecular flexibility index (Phi) is 4.28. The molecular weight excluding hydrogens is 314 g/mol. The largest absolute Gasteiger partial charge is 0.349 e. The third-order valence-electron chi connectivity index (χ3n) is 6.09. The molecule has 3 aliphatic rings. The standard InChI is InChI=1S/C20H27N3O2/c1-13(22-19(25)17-12-20(17)8-10-21-11-9-20)14-4-6-16(7-5-14)23-18(24)15-2-3-15/h4-7,13,15,17,21H,2-3,8-12H2,1H3,(H,22,25)(H,23,24). The molecule has 1 saturated heterocycles. The Morgan fingerprint density at radius 1 is 1.12 bits per heavy atom. The number of carbonyl (C=O) groups excluding carboxylic acids is 2. The van der Waals surface area contributed by atoms with Gasteiger partial charge >= 0.3 is 0 Å². The maximum absolute atomic E-state index is 12.6. The number of anilines is 1. The van der Waals surface area contributed by atoms with Crippen LogP contribution in [0.15, 0.2) is 24.3 Å². The zero-order chi connectivity index (χ0) is 17.4. The summed E-state index contributed by atoms with van der Waals surface area (Å²) in [6, 6.07) is 7.80. The van der Waals surface area contributed by atoms with Gasteiger partial charge in [-0.25, -0.2) is 0 Å². The second kappa shape index (κ2) is 6.45. The topological polar surface area (TPSA) is 70.2 Å². The smallest absolute Gasteiger partial charge is 0.227 e. The Balaban J connectivity index is 1.31. The summed E-state index contributed by atoms with van der Waals surface area (Å²) in [7, 11) is 0. The van der Waals surface area contributed by atoms with Gasteiger partial charge in [0, 0.05) is 17.5 Å². The second-order valence-corrected chi connectivity index (χ2v) is 7.98. The number of benzene rings is 1. The molecule has 3 fully saturated rings. The van der Waals surface area contributed by atoms with Crippen LogP contribution in [0.4, 0.5) is 5.69 Å². The lowest BCUT2D eigenvalue weighted by atomic mass is 9.91. The van der Waals surface area contributed by atoms with Crippen LogP contribution >= 0.6 is 0 Å². The van der Waals surface area contributed by atoms with Gasteiger partial charge < -0.3 is 16.0 Å². The Hall–Kier alpha value is -1.88. The monoisotopic (exact) mass is 341 g/mol. The average Bonchev–Trinajstić information content (AvgIpc) is 3.52. The van der Waals surface area contributed by atoms with Gasteiger partial charge in [-0.2, -0.15) is 0 Å². The van der Waals surface area contributed by atoms with E-state index in [0.717, 1.165) is 56.4 Å². The molecule has 0 aromatic heterocycles. The van der Waals surface area contributed by atoms with Crippen molar-refractivity contribution >= 4 is 17.5 Å². The fourth-order valence-electron chi connectivity index (χ4n) is 4.04. The van der Waals surface area contributed by atoms with Crippen LogP contribution < -0.4 is 16.0 Å². The van der Waals surface area contributed by atoms with Gasteiger partial charge in [0.15, 0.2) is 0 Å². The molecule has 1 heterocycles. The highest BCUT2D eigenvalue weighted by Gasteiger charge is 2.57. The van der Waals surface area contributed by atoms with Gasteiger partial charge in [0.05, 0.1) is 6.04 Å². The van der Waals surface area contributed by atoms with Crippen LogP contribution in [-0.4, -0.2) is 24.9 Å². The van der Waals surface area contributed by atoms with Gasteiger partial charge in [0.25, 0.3) is 0 Å². The third kappa shape index (κ3) is 3.56. The molecule has 2 saturated carbocycles. The van der Waals surface area contributed by atoms with E-state index < -0.39 is 0 Å². The molecule has 1 aliphatic heterocycles. The van der Waals surface area contributed by atoms with Gasteiger partial charge in [-0.15, -0.1) is 0 Å². The maximum atomic E-state index is 12.6. The van der Waals surface area contributed by atoms with Crippen molar-refractivity contribution in [2.24, 2.45) is 17.3 Å². The van der Waals surface area contributed by atoms with Gasteiger partial charge in [-0.05, 0) is 75.2 Å². The molecule has 134 valence electrons. The minimum atomic E-state index is -0.0138. The first-order valence-corrected chi connectivity index (χ1v) is 9.49. The maximum Gasteiger partial charge on any atom is 0.227 e. The Labute approximate surface area is 148 Å². The highest BCUT2D eigenvalue weighted by molar-refractivity contribution is 5.94. The molecule has 2 atom stereocenters. The number of carbonyl (C=O) groups is 2. The van der Waals surface area contributed by atoms with E-state index in [-0.39, 0.29) is 35.1 Å². The van der Waals surface area contributed by atoms with Gasteiger partial charge in [0.2, 0.25) is 11.8 Å². The van der Waals surface area contributed by atoms with E-state index in [1.54, 1.807) is 0 Å². The van der Waals surface area contributed by atoms with Crippen LogP contribution in [0, 0.1) is 17.3 Å². The molecule has 1 aromatic rings. The number of nitrogens with one attached hydrogen (secondary N) is 3. The van der Waals surface area contributed by atoms with Crippen LogP contribution in [0.3, 0.4) is 0 Å². The highest BCUT2D eigenvalue weighted by atomic mass is 16.2. The summed E-state index contributed by atoms with van der Waals surface area (Å²) in [6.07, 6.45) is 5.29. The van der Waals surface area contributed by atoms with Crippen molar-refractivity contribution in [1.82, 2.24) is 10.6 Å². The zero-order valence-corrected chi connectivity index (χ0v) is 14.8. The average molecular weight is 341 g/mol. The first kappa shape index (κ1) is 16.6. The van der Waals surface area contributed by atoms with Crippen LogP contribution in [0.25, 0.3) is 0 Å². The fraction of sp³-hybridized carbons (Fsp3) is 0.600. The summed E-state index contributed by atoms with van der Waals surface area (Å²) in [4.78, 5) is 24.4. The molecule has 1 aromatic carbocycles. The van der Waals surface area contributed by atoms with Gasteiger partial charge in [0.1, 0.15) is 0 Å². The summed E-state index contributed by atoms with van der Waals surface area (Å²) in [5, 5.41) is 9.49. The molecule has 2 unspecified atom stereocenters. The van der Waals surface area contributed by atoms with E-state index in [9.17, 15) is 9.59 Å². The van der Waals surface area contributed by atoms with Crippen molar-refractivity contribution in [3.63, 3.8) is 0 Å². The lowest BCUT2D eigenvalue weighted by Gasteiger charge is -2.24. The zero-order valence-electron chi connectivity index (χ0n) is 14.8. The summed E-state index contributed by atoms with van der Waals surface area (Å²) in [6.45, 7) is 4.09. The first-order chi connectivity index (χ1) is 12.1. The molecule has 2 amide bonds. The van der Waals surface area contributed by atoms with Crippen molar-refractivity contribution in [3.05, 3.63) is 29.8 Å². The third-order valence-corrected chi connectivity index (χ3v) is 6.09. The van der Waals surface area contributed by atoms with Crippen LogP contribution in [0.2, 0.25) is 0 Å². The second-order valence-electron chi connectivity index (χ2n) is 7.98. The highest BCUT2D eigenvalue weighted by Crippen LogP contribution is 2.58. The first-order valence-electron chi connectivity index (χ1n) is 9.49. The summed E-state index contributed by atoms with van der Waals surface area (Å²) in [5.41, 5.74) is 2.17. The van der Waals surface area contributed by atoms with Gasteiger partial charge in [-0.1, -0.05) is 12.1 Å². The van der Waals surface area contributed by atoms with E-state index in [1.807, 2.05) is 31.2 Å². The van der Waals surface area contributed by atoms with Crippen molar-refractivity contribution in [3.8, 4) is 0 Å². The molecule has 4 rings (SSSR count). The van der Waals surface area contributed by atoms with Crippen molar-refractivity contribution in [1.29, 1.82) is 0 Å². The van der Waals surface area contributed by atoms with Gasteiger partial charge in [-0.3, -0.25) is 9.59 Å². The van der Waals surface area contributed by atoms with E-state index >= 15 is 0 Å². The SMILES string of the molecule is CC(NC(=O)C1CC12CCNCC2)c1ccc(NC(=O)C2CC2)cc1. The predicted molar refractivity (Wildman–Crippen MR) is 97.0 cm³/mol. The number of rotatable bonds is 5. The molecule has 0 bridgehead atoms. The lowest BCUT2D eigenvalue weighted by Crippen LogP contribution is -2.34. The van der Waals surface area contributed by atoms with Crippen LogP contribution in [-0.2, 0) is 9.59 Å². The number of amides is 2. The van der Waals surface area contributed by atoms with Crippen molar-refractivity contribution in [2.75, 3.05) is 18.4 Å². The van der Waals surface area contributed by atoms with Crippen molar-refractivity contribution < 1.29 is 9.59 Å².